The molecule has 1 heterocycles. The van der Waals surface area contributed by atoms with Crippen LogP contribution in [0.1, 0.15) is 19.4 Å². The maximum absolute atomic E-state index is 11.9. The van der Waals surface area contributed by atoms with E-state index in [9.17, 15) is 9.59 Å². The molecule has 0 spiro atoms. The highest BCUT2D eigenvalue weighted by molar-refractivity contribution is 6.35. The van der Waals surface area contributed by atoms with E-state index in [2.05, 4.69) is 5.32 Å². The van der Waals surface area contributed by atoms with E-state index in [1.54, 1.807) is 18.2 Å². The molecule has 0 aromatic heterocycles. The molecule has 2 aromatic rings. The first-order chi connectivity index (χ1) is 13.2. The topological polar surface area (TPSA) is 73.9 Å². The number of halogens is 2. The SMILES string of the molecule is CC1(C)Cc2cccc(OCC(=O)OCC(=O)Nc3cc(Cl)ccc3Cl)c2O1. The molecule has 0 saturated heterocycles. The zero-order chi connectivity index (χ0) is 20.3. The molecule has 1 amide bonds. The first-order valence-electron chi connectivity index (χ1n) is 8.58. The summed E-state index contributed by atoms with van der Waals surface area (Å²) in [7, 11) is 0. The first-order valence-corrected chi connectivity index (χ1v) is 9.33. The molecule has 148 valence electrons. The Morgan fingerprint density at radius 1 is 1.18 bits per heavy atom. The molecule has 0 aliphatic carbocycles. The Bertz CT molecular complexity index is 913. The summed E-state index contributed by atoms with van der Waals surface area (Å²) in [6.07, 6.45) is 0.760. The average molecular weight is 424 g/mol. The molecule has 1 aliphatic rings. The highest BCUT2D eigenvalue weighted by atomic mass is 35.5. The monoisotopic (exact) mass is 423 g/mol. The van der Waals surface area contributed by atoms with Crippen molar-refractivity contribution in [3.63, 3.8) is 0 Å². The Balaban J connectivity index is 1.49. The van der Waals surface area contributed by atoms with E-state index in [4.69, 9.17) is 37.4 Å². The predicted molar refractivity (Wildman–Crippen MR) is 106 cm³/mol. The molecule has 8 heteroatoms. The third kappa shape index (κ3) is 5.09. The lowest BCUT2D eigenvalue weighted by molar-refractivity contribution is -0.149. The van der Waals surface area contributed by atoms with Crippen LogP contribution in [-0.4, -0.2) is 30.7 Å². The fourth-order valence-electron chi connectivity index (χ4n) is 2.80. The first kappa shape index (κ1) is 20.3. The summed E-state index contributed by atoms with van der Waals surface area (Å²) in [5, 5.41) is 3.28. The van der Waals surface area contributed by atoms with Gasteiger partial charge >= 0.3 is 5.97 Å². The molecular weight excluding hydrogens is 405 g/mol. The third-order valence-electron chi connectivity index (χ3n) is 3.97. The van der Waals surface area contributed by atoms with Gasteiger partial charge in [-0.2, -0.15) is 0 Å². The fourth-order valence-corrected chi connectivity index (χ4v) is 3.14. The lowest BCUT2D eigenvalue weighted by Gasteiger charge is -2.18. The number of carbonyl (C=O) groups is 2. The summed E-state index contributed by atoms with van der Waals surface area (Å²) >= 11 is 11.8. The molecule has 0 saturated carbocycles. The number of rotatable bonds is 6. The number of fused-ring (bicyclic) bond motifs is 1. The summed E-state index contributed by atoms with van der Waals surface area (Å²) in [5.41, 5.74) is 1.04. The van der Waals surface area contributed by atoms with Crippen LogP contribution in [0.4, 0.5) is 5.69 Å². The van der Waals surface area contributed by atoms with E-state index in [1.165, 1.54) is 6.07 Å². The minimum absolute atomic E-state index is 0.317. The van der Waals surface area contributed by atoms with Crippen LogP contribution in [0.5, 0.6) is 11.5 Å². The summed E-state index contributed by atoms with van der Waals surface area (Å²) in [5.74, 6) is -0.116. The number of nitrogens with one attached hydrogen (secondary N) is 1. The molecule has 3 rings (SSSR count). The van der Waals surface area contributed by atoms with Crippen molar-refractivity contribution in [2.24, 2.45) is 0 Å². The molecule has 2 aromatic carbocycles. The van der Waals surface area contributed by atoms with Crippen LogP contribution in [0.15, 0.2) is 36.4 Å². The zero-order valence-electron chi connectivity index (χ0n) is 15.4. The quantitative estimate of drug-likeness (QED) is 0.702. The van der Waals surface area contributed by atoms with E-state index in [0.29, 0.717) is 27.2 Å². The Morgan fingerprint density at radius 3 is 2.75 bits per heavy atom. The van der Waals surface area contributed by atoms with Crippen molar-refractivity contribution in [3.05, 3.63) is 52.0 Å². The smallest absolute Gasteiger partial charge is 0.344 e. The number of carbonyl (C=O) groups excluding carboxylic acids is 2. The number of benzene rings is 2. The summed E-state index contributed by atoms with van der Waals surface area (Å²) in [4.78, 5) is 23.8. The van der Waals surface area contributed by atoms with Gasteiger partial charge < -0.3 is 19.5 Å². The molecule has 0 fully saturated rings. The van der Waals surface area contributed by atoms with Gasteiger partial charge in [0, 0.05) is 17.0 Å². The van der Waals surface area contributed by atoms with Gasteiger partial charge in [-0.05, 0) is 38.1 Å². The van der Waals surface area contributed by atoms with Crippen molar-refractivity contribution in [1.82, 2.24) is 0 Å². The van der Waals surface area contributed by atoms with Crippen molar-refractivity contribution in [1.29, 1.82) is 0 Å². The van der Waals surface area contributed by atoms with E-state index in [0.717, 1.165) is 12.0 Å². The maximum atomic E-state index is 11.9. The number of para-hydroxylation sites is 1. The Labute approximate surface area is 172 Å². The summed E-state index contributed by atoms with van der Waals surface area (Å²) in [6.45, 7) is 3.15. The van der Waals surface area contributed by atoms with Crippen molar-refractivity contribution >= 4 is 40.8 Å². The van der Waals surface area contributed by atoms with Crippen LogP contribution in [0.25, 0.3) is 0 Å². The molecule has 0 radical (unpaired) electrons. The zero-order valence-corrected chi connectivity index (χ0v) is 16.9. The third-order valence-corrected chi connectivity index (χ3v) is 4.53. The largest absolute Gasteiger partial charge is 0.483 e. The van der Waals surface area contributed by atoms with Gasteiger partial charge in [0.25, 0.3) is 5.91 Å². The highest BCUT2D eigenvalue weighted by Crippen LogP contribution is 2.41. The highest BCUT2D eigenvalue weighted by Gasteiger charge is 2.32. The second-order valence-electron chi connectivity index (χ2n) is 6.90. The van der Waals surface area contributed by atoms with E-state index in [1.807, 2.05) is 26.0 Å². The van der Waals surface area contributed by atoms with Gasteiger partial charge in [0.15, 0.2) is 24.7 Å². The Morgan fingerprint density at radius 2 is 1.96 bits per heavy atom. The second-order valence-corrected chi connectivity index (χ2v) is 7.75. The number of ether oxygens (including phenoxy) is 3. The molecule has 28 heavy (non-hydrogen) atoms. The summed E-state index contributed by atoms with van der Waals surface area (Å²) < 4.78 is 16.3. The van der Waals surface area contributed by atoms with Crippen molar-refractivity contribution in [3.8, 4) is 11.5 Å². The van der Waals surface area contributed by atoms with Crippen LogP contribution in [0.2, 0.25) is 10.0 Å². The predicted octanol–water partition coefficient (Wildman–Crippen LogP) is 4.27. The van der Waals surface area contributed by atoms with Gasteiger partial charge in [-0.15, -0.1) is 0 Å². The number of hydrogen-bond acceptors (Lipinski definition) is 5. The maximum Gasteiger partial charge on any atom is 0.344 e. The second kappa shape index (κ2) is 8.29. The molecule has 0 atom stereocenters. The van der Waals surface area contributed by atoms with Crippen LogP contribution >= 0.6 is 23.2 Å². The normalized spacial score (nSPS) is 14.0. The number of amides is 1. The minimum Gasteiger partial charge on any atom is -0.483 e. The molecular formula is C20H19Cl2NO5. The fraction of sp³-hybridized carbons (Fsp3) is 0.300. The van der Waals surface area contributed by atoms with Gasteiger partial charge in [0.05, 0.1) is 10.7 Å². The van der Waals surface area contributed by atoms with Crippen molar-refractivity contribution in [2.45, 2.75) is 25.9 Å². The Hall–Kier alpha value is -2.44. The molecule has 1 aliphatic heterocycles. The average Bonchev–Trinajstić information content (AvgIpc) is 2.95. The van der Waals surface area contributed by atoms with Crippen LogP contribution in [-0.2, 0) is 20.7 Å². The number of hydrogen-bond donors (Lipinski definition) is 1. The van der Waals surface area contributed by atoms with E-state index < -0.39 is 18.5 Å². The van der Waals surface area contributed by atoms with Crippen molar-refractivity contribution in [2.75, 3.05) is 18.5 Å². The summed E-state index contributed by atoms with van der Waals surface area (Å²) in [6, 6.07) is 10.2. The lowest BCUT2D eigenvalue weighted by Crippen LogP contribution is -2.25. The molecule has 6 nitrogen and oxygen atoms in total. The molecule has 0 unspecified atom stereocenters. The lowest BCUT2D eigenvalue weighted by atomic mass is 10.0. The van der Waals surface area contributed by atoms with Crippen LogP contribution in [0, 0.1) is 0 Å². The minimum atomic E-state index is -0.679. The van der Waals surface area contributed by atoms with Gasteiger partial charge in [-0.3, -0.25) is 4.79 Å². The van der Waals surface area contributed by atoms with Gasteiger partial charge in [0.2, 0.25) is 0 Å². The van der Waals surface area contributed by atoms with E-state index in [-0.39, 0.29) is 12.2 Å². The number of esters is 1. The van der Waals surface area contributed by atoms with Gasteiger partial charge in [-0.25, -0.2) is 4.79 Å². The Kier molecular flexibility index (Phi) is 6.01. The molecule has 0 bridgehead atoms. The number of anilines is 1. The van der Waals surface area contributed by atoms with Crippen LogP contribution < -0.4 is 14.8 Å². The standard InChI is InChI=1S/C20H19Cl2NO5/c1-20(2)9-12-4-3-5-16(19(12)28-20)26-11-18(25)27-10-17(24)23-15-8-13(21)6-7-14(15)22/h3-8H,9-11H2,1-2H3,(H,23,24). The van der Waals surface area contributed by atoms with Gasteiger partial charge in [-0.1, -0.05) is 35.3 Å². The van der Waals surface area contributed by atoms with E-state index >= 15 is 0 Å². The van der Waals surface area contributed by atoms with Crippen molar-refractivity contribution < 1.29 is 23.8 Å². The molecule has 1 N–H and O–H groups in total. The van der Waals surface area contributed by atoms with Gasteiger partial charge in [0.1, 0.15) is 5.60 Å². The van der Waals surface area contributed by atoms with Crippen LogP contribution in [0.3, 0.4) is 0 Å².